The van der Waals surface area contributed by atoms with E-state index in [9.17, 15) is 4.39 Å². The monoisotopic (exact) mass is 452 g/mol. The molecule has 1 aliphatic heterocycles. The van der Waals surface area contributed by atoms with Gasteiger partial charge in [0.1, 0.15) is 5.82 Å². The fourth-order valence-corrected chi connectivity index (χ4v) is 4.00. The quantitative estimate of drug-likeness (QED) is 0.635. The molecule has 0 saturated carbocycles. The van der Waals surface area contributed by atoms with Crippen LogP contribution in [0.5, 0.6) is 17.2 Å². The number of nitrogens with zero attached hydrogens (tertiary/aromatic N) is 2. The molecule has 0 amide bonds. The van der Waals surface area contributed by atoms with Crippen molar-refractivity contribution in [3.05, 3.63) is 51.7 Å². The van der Waals surface area contributed by atoms with Crippen LogP contribution in [0, 0.1) is 5.82 Å². The molecule has 0 aliphatic carbocycles. The summed E-state index contributed by atoms with van der Waals surface area (Å²) < 4.78 is 30.5. The maximum Gasteiger partial charge on any atom is 0.203 e. The Labute approximate surface area is 174 Å². The molecule has 0 radical (unpaired) electrons. The Balaban J connectivity index is 1.61. The van der Waals surface area contributed by atoms with E-state index < -0.39 is 0 Å². The first-order valence-electron chi connectivity index (χ1n) is 9.22. The number of hydrogen-bond donors (Lipinski definition) is 0. The lowest BCUT2D eigenvalue weighted by Gasteiger charge is -2.35. The van der Waals surface area contributed by atoms with Crippen LogP contribution in [-0.4, -0.2) is 57.3 Å². The third-order valence-electron chi connectivity index (χ3n) is 5.05. The predicted octanol–water partition coefficient (Wildman–Crippen LogP) is 3.93. The summed E-state index contributed by atoms with van der Waals surface area (Å²) in [7, 11) is 4.89. The summed E-state index contributed by atoms with van der Waals surface area (Å²) in [6, 6.07) is 8.83. The van der Waals surface area contributed by atoms with Crippen LogP contribution in [0.25, 0.3) is 0 Å². The fourth-order valence-electron chi connectivity index (χ4n) is 3.52. The fraction of sp³-hybridized carbons (Fsp3) is 0.429. The van der Waals surface area contributed by atoms with Crippen molar-refractivity contribution < 1.29 is 18.6 Å². The van der Waals surface area contributed by atoms with Crippen molar-refractivity contribution in [2.75, 3.05) is 47.5 Å². The molecular formula is C21H26BrFN2O3. The third kappa shape index (κ3) is 4.77. The molecule has 1 fully saturated rings. The molecular weight excluding hydrogens is 427 g/mol. The molecule has 0 spiro atoms. The van der Waals surface area contributed by atoms with E-state index in [-0.39, 0.29) is 5.82 Å². The first kappa shape index (κ1) is 20.9. The van der Waals surface area contributed by atoms with E-state index in [0.717, 1.165) is 60.6 Å². The summed E-state index contributed by atoms with van der Waals surface area (Å²) >= 11 is 3.46. The Morgan fingerprint density at radius 1 is 0.821 bits per heavy atom. The molecule has 1 aliphatic rings. The van der Waals surface area contributed by atoms with Crippen LogP contribution in [0.15, 0.2) is 34.8 Å². The van der Waals surface area contributed by atoms with Crippen molar-refractivity contribution in [1.82, 2.24) is 9.80 Å². The topological polar surface area (TPSA) is 34.2 Å². The van der Waals surface area contributed by atoms with Crippen LogP contribution in [0.4, 0.5) is 4.39 Å². The number of ether oxygens (including phenoxy) is 3. The molecule has 0 N–H and O–H groups in total. The van der Waals surface area contributed by atoms with Crippen LogP contribution in [0.3, 0.4) is 0 Å². The molecule has 28 heavy (non-hydrogen) atoms. The highest BCUT2D eigenvalue weighted by molar-refractivity contribution is 9.10. The number of rotatable bonds is 7. The second-order valence-electron chi connectivity index (χ2n) is 6.78. The first-order valence-corrected chi connectivity index (χ1v) is 10.0. The average Bonchev–Trinajstić information content (AvgIpc) is 2.71. The standard InChI is InChI=1S/C21H26BrFN2O3/c1-26-19-7-5-16(20(27-2)21(19)28-3)14-25-10-8-24(9-11-25)13-15-4-6-17(23)12-18(15)22/h4-7,12H,8-11,13-14H2,1-3H3. The van der Waals surface area contributed by atoms with E-state index in [1.807, 2.05) is 18.2 Å². The number of piperazine rings is 1. The molecule has 0 unspecified atom stereocenters. The van der Waals surface area contributed by atoms with Crippen molar-refractivity contribution in [3.8, 4) is 17.2 Å². The molecule has 0 bridgehead atoms. The largest absolute Gasteiger partial charge is 0.493 e. The molecule has 3 rings (SSSR count). The average molecular weight is 453 g/mol. The van der Waals surface area contributed by atoms with Gasteiger partial charge in [0.25, 0.3) is 0 Å². The molecule has 0 atom stereocenters. The number of halogens is 2. The highest BCUT2D eigenvalue weighted by atomic mass is 79.9. The Kier molecular flexibility index (Phi) is 7.15. The maximum atomic E-state index is 13.3. The molecule has 152 valence electrons. The smallest absolute Gasteiger partial charge is 0.203 e. The molecule has 1 saturated heterocycles. The normalized spacial score (nSPS) is 15.5. The van der Waals surface area contributed by atoms with Gasteiger partial charge in [-0.2, -0.15) is 0 Å². The summed E-state index contributed by atoms with van der Waals surface area (Å²) in [5.74, 6) is 1.80. The number of benzene rings is 2. The zero-order valence-corrected chi connectivity index (χ0v) is 18.1. The Morgan fingerprint density at radius 3 is 1.93 bits per heavy atom. The minimum Gasteiger partial charge on any atom is -0.493 e. The van der Waals surface area contributed by atoms with Gasteiger partial charge in [0.15, 0.2) is 11.5 Å². The van der Waals surface area contributed by atoms with Crippen molar-refractivity contribution in [1.29, 1.82) is 0 Å². The van der Waals surface area contributed by atoms with Crippen molar-refractivity contribution >= 4 is 15.9 Å². The highest BCUT2D eigenvalue weighted by Crippen LogP contribution is 2.40. The van der Waals surface area contributed by atoms with Crippen LogP contribution in [-0.2, 0) is 13.1 Å². The Bertz CT molecular complexity index is 810. The number of methoxy groups -OCH3 is 3. The lowest BCUT2D eigenvalue weighted by Crippen LogP contribution is -2.45. The summed E-state index contributed by atoms with van der Waals surface area (Å²) in [6.45, 7) is 5.43. The van der Waals surface area contributed by atoms with Gasteiger partial charge < -0.3 is 14.2 Å². The van der Waals surface area contributed by atoms with Gasteiger partial charge in [-0.1, -0.05) is 28.1 Å². The molecule has 7 heteroatoms. The summed E-state index contributed by atoms with van der Waals surface area (Å²) in [6.07, 6.45) is 0. The van der Waals surface area contributed by atoms with Gasteiger partial charge in [0.2, 0.25) is 5.75 Å². The van der Waals surface area contributed by atoms with Gasteiger partial charge in [-0.05, 0) is 23.8 Å². The summed E-state index contributed by atoms with van der Waals surface area (Å²) in [5, 5.41) is 0. The van der Waals surface area contributed by atoms with Crippen molar-refractivity contribution in [2.45, 2.75) is 13.1 Å². The Hall–Kier alpha value is -1.83. The van der Waals surface area contributed by atoms with Crippen molar-refractivity contribution in [2.24, 2.45) is 0 Å². The van der Waals surface area contributed by atoms with Crippen LogP contribution >= 0.6 is 15.9 Å². The third-order valence-corrected chi connectivity index (χ3v) is 5.79. The van der Waals surface area contributed by atoms with Crippen LogP contribution < -0.4 is 14.2 Å². The zero-order chi connectivity index (χ0) is 20.1. The molecule has 5 nitrogen and oxygen atoms in total. The van der Waals surface area contributed by atoms with E-state index in [0.29, 0.717) is 11.5 Å². The molecule has 2 aromatic rings. The van der Waals surface area contributed by atoms with E-state index >= 15 is 0 Å². The zero-order valence-electron chi connectivity index (χ0n) is 16.5. The Morgan fingerprint density at radius 2 is 1.39 bits per heavy atom. The van der Waals surface area contributed by atoms with Gasteiger partial charge in [-0.25, -0.2) is 4.39 Å². The molecule has 1 heterocycles. The van der Waals surface area contributed by atoms with Crippen molar-refractivity contribution in [3.63, 3.8) is 0 Å². The van der Waals surface area contributed by atoms with Gasteiger partial charge in [-0.15, -0.1) is 0 Å². The minimum atomic E-state index is -0.218. The van der Waals surface area contributed by atoms with E-state index in [4.69, 9.17) is 14.2 Å². The summed E-state index contributed by atoms with van der Waals surface area (Å²) in [5.41, 5.74) is 2.19. The van der Waals surface area contributed by atoms with E-state index in [1.165, 1.54) is 12.1 Å². The van der Waals surface area contributed by atoms with Gasteiger partial charge in [-0.3, -0.25) is 9.80 Å². The van der Waals surface area contributed by atoms with Gasteiger partial charge >= 0.3 is 0 Å². The minimum absolute atomic E-state index is 0.218. The lowest BCUT2D eigenvalue weighted by molar-refractivity contribution is 0.121. The van der Waals surface area contributed by atoms with Gasteiger partial charge in [0.05, 0.1) is 21.3 Å². The second kappa shape index (κ2) is 9.58. The second-order valence-corrected chi connectivity index (χ2v) is 7.64. The maximum absolute atomic E-state index is 13.3. The van der Waals surface area contributed by atoms with E-state index in [1.54, 1.807) is 21.3 Å². The van der Waals surface area contributed by atoms with Gasteiger partial charge in [0, 0.05) is 49.3 Å². The summed E-state index contributed by atoms with van der Waals surface area (Å²) in [4.78, 5) is 4.79. The van der Waals surface area contributed by atoms with E-state index in [2.05, 4.69) is 25.7 Å². The van der Waals surface area contributed by atoms with Crippen LogP contribution in [0.1, 0.15) is 11.1 Å². The number of hydrogen-bond acceptors (Lipinski definition) is 5. The molecule has 2 aromatic carbocycles. The van der Waals surface area contributed by atoms with Crippen LogP contribution in [0.2, 0.25) is 0 Å². The molecule has 0 aromatic heterocycles. The lowest BCUT2D eigenvalue weighted by atomic mass is 10.1. The SMILES string of the molecule is COc1ccc(CN2CCN(Cc3ccc(F)cc3Br)CC2)c(OC)c1OC. The highest BCUT2D eigenvalue weighted by Gasteiger charge is 2.21. The first-order chi connectivity index (χ1) is 13.5. The predicted molar refractivity (Wildman–Crippen MR) is 111 cm³/mol.